The van der Waals surface area contributed by atoms with E-state index in [1.807, 2.05) is 193 Å². The number of hydrogen-bond acceptors (Lipinski definition) is 24. The molecule has 0 unspecified atom stereocenters. The van der Waals surface area contributed by atoms with Gasteiger partial charge in [0, 0.05) is 193 Å². The molecule has 12 heterocycles. The molecule has 26 nitrogen and oxygen atoms in total. The van der Waals surface area contributed by atoms with E-state index in [9.17, 15) is 14.9 Å². The third-order valence-corrected chi connectivity index (χ3v) is 33.2. The van der Waals surface area contributed by atoms with Gasteiger partial charge >= 0.3 is 21.1 Å². The summed E-state index contributed by atoms with van der Waals surface area (Å²) in [5.74, 6) is 1.81. The molecular formula is C109H121B3Br7IN18O8. The lowest BCUT2D eigenvalue weighted by molar-refractivity contribution is 0.00578. The molecule has 20 rings (SSSR count). The number of nitriles is 3. The largest absolute Gasteiger partial charge is 0.496 e. The smallest absolute Gasteiger partial charge is 0.405 e. The number of nitrogen functional groups attached to an aromatic ring is 1. The Kier molecular flexibility index (Phi) is 39.9. The number of rotatable bonds is 17. The lowest BCUT2D eigenvalue weighted by atomic mass is 9.49. The Hall–Kier alpha value is -9.18. The summed E-state index contributed by atoms with van der Waals surface area (Å²) in [5, 5.41) is 38.0. The molecule has 11 aromatic rings. The van der Waals surface area contributed by atoms with Gasteiger partial charge in [-0.1, -0.05) is 66.0 Å². The molecule has 2 aromatic carbocycles. The van der Waals surface area contributed by atoms with Crippen molar-refractivity contribution < 1.29 is 37.5 Å². The highest BCUT2D eigenvalue weighted by molar-refractivity contribution is 14.0. The number of hydrogen-bond donors (Lipinski definition) is 4. The highest BCUT2D eigenvalue weighted by Gasteiger charge is 2.64. The maximum absolute atomic E-state index is 12.4. The molecule has 0 atom stereocenters. The summed E-state index contributed by atoms with van der Waals surface area (Å²) in [7, 11) is 2.35. The summed E-state index contributed by atoms with van der Waals surface area (Å²) < 4.78 is 41.1. The zero-order chi connectivity index (χ0) is 106. The van der Waals surface area contributed by atoms with Gasteiger partial charge in [0.2, 0.25) is 0 Å². The van der Waals surface area contributed by atoms with Crippen LogP contribution in [-0.4, -0.2) is 136 Å². The maximum atomic E-state index is 12.4. The Morgan fingerprint density at radius 2 is 0.849 bits per heavy atom. The van der Waals surface area contributed by atoms with Crippen molar-refractivity contribution in [2.75, 3.05) is 46.4 Å². The van der Waals surface area contributed by atoms with Crippen molar-refractivity contribution in [1.29, 1.82) is 15.8 Å². The van der Waals surface area contributed by atoms with Crippen LogP contribution in [0.1, 0.15) is 252 Å². The Labute approximate surface area is 935 Å². The Morgan fingerprint density at radius 1 is 0.425 bits per heavy atom. The number of nitrogens with one attached hydrogen (secondary N) is 3. The summed E-state index contributed by atoms with van der Waals surface area (Å²) >= 11 is 23.2. The quantitative estimate of drug-likeness (QED) is 0.0285. The molecule has 0 amide bonds. The minimum Gasteiger partial charge on any atom is -0.405 e. The Bertz CT molecular complexity index is 6640. The second kappa shape index (κ2) is 49.7. The molecule has 0 spiro atoms. The molecule has 4 saturated carbocycles. The molecule has 37 heteroatoms. The van der Waals surface area contributed by atoms with E-state index < -0.39 is 21.1 Å². The molecule has 146 heavy (non-hydrogen) atoms. The number of carbonyl (C=O) groups is 2. The Balaban J connectivity index is 0.000000163. The van der Waals surface area contributed by atoms with E-state index in [1.54, 1.807) is 31.0 Å². The normalized spacial score (nSPS) is 17.7. The van der Waals surface area contributed by atoms with Crippen molar-refractivity contribution >= 4 is 202 Å². The van der Waals surface area contributed by atoms with Gasteiger partial charge in [-0.15, -0.1) is 24.0 Å². The molecule has 760 valence electrons. The van der Waals surface area contributed by atoms with E-state index in [0.29, 0.717) is 37.9 Å². The number of alkyl halides is 2. The summed E-state index contributed by atoms with van der Waals surface area (Å²) in [6.07, 6.45) is 28.3. The number of aromatic nitrogens is 9. The molecule has 7 fully saturated rings. The van der Waals surface area contributed by atoms with Crippen molar-refractivity contribution in [2.45, 2.75) is 263 Å². The zero-order valence-corrected chi connectivity index (χ0v) is 98.9. The van der Waals surface area contributed by atoms with Crippen molar-refractivity contribution in [3.8, 4) is 29.3 Å². The average Bonchev–Trinajstić information content (AvgIpc) is 1.59. The second-order valence-electron chi connectivity index (χ2n) is 40.1. The number of aryl methyl sites for hydroxylation is 4. The lowest BCUT2D eigenvalue weighted by Gasteiger charge is -2.32. The van der Waals surface area contributed by atoms with E-state index in [2.05, 4.69) is 261 Å². The first-order chi connectivity index (χ1) is 68.6. The van der Waals surface area contributed by atoms with Crippen molar-refractivity contribution in [3.05, 3.63) is 306 Å². The van der Waals surface area contributed by atoms with Gasteiger partial charge in [-0.25, -0.2) is 23.1 Å². The number of nitrogens with two attached hydrogens (primary N) is 1. The monoisotopic (exact) mass is 2520 g/mol. The summed E-state index contributed by atoms with van der Waals surface area (Å²) in [4.78, 5) is 70.6. The van der Waals surface area contributed by atoms with Crippen LogP contribution in [0.25, 0.3) is 20.8 Å². The lowest BCUT2D eigenvalue weighted by Crippen LogP contribution is -2.41. The van der Waals surface area contributed by atoms with Crippen LogP contribution in [0, 0.1) is 74.8 Å². The molecule has 5 N–H and O–H groups in total. The number of carbonyl (C=O) groups excluding carboxylic acids is 2. The fourth-order valence-corrected chi connectivity index (χ4v) is 17.7. The standard InChI is InChI=1S/C26H24N4O.C22H26BN3O2.C15H13BrN4.C12H24B2O4.C10H10BrNO.C9H7BrN2.C7H5BrN2.C6H7BrN2.C2H4Br2.HI/c1-16-11-18(12-17-3-8-24(30-13-17)26(15-27)9-10-26)29-14-21(16)19-4-6-22(28-2)25-20(19)5-7-23(25)31;1-15-11-17(12-16-7-8-19(26-13-16)22(24-6)9-10-22)25-14-18(15)23-27-20(2,3)21(4,5)28-23;1-10-7-14(19-9-12(10)16)20-11-3-4-13(18-8-11)15(17-2)5-6-15;1-9(2)10(3,4)16-13(15-9)14-17-11(5,6)12(7,8)18-14;1-12-8-4-3-7(11)6-2-5-9(13)10(6)8;10-7-1-2-8(12-5-7)9(6-11)3-4-9;8-6-1-2-7(3-4-9)10-5-6;1-4-2-6(8)9-3-5(4)7;3-1-2-4;/h3-4,6,8,11,13-14,28H,5,7,9-10,12H2,1-2H3;7-8,11,13-14H,9-10,12H2,1-5H3;3-4,7-9H,5-6H2,1H3,(H,19,20);1-8H3;3-4,12H,2,5H2,1H3;1-2,5H,3-4H2;1-2,5H,3H2;2-3H,1H3,(H2,8,9);1-2H2;1H. The van der Waals surface area contributed by atoms with E-state index >= 15 is 0 Å². The number of halogens is 8. The highest BCUT2D eigenvalue weighted by atomic mass is 127. The van der Waals surface area contributed by atoms with Crippen molar-refractivity contribution in [3.63, 3.8) is 0 Å². The van der Waals surface area contributed by atoms with Crippen LogP contribution in [0.3, 0.4) is 0 Å². The van der Waals surface area contributed by atoms with Crippen LogP contribution in [0.15, 0.2) is 187 Å². The first kappa shape index (κ1) is 117. The van der Waals surface area contributed by atoms with Gasteiger partial charge in [0.25, 0.3) is 11.1 Å². The van der Waals surface area contributed by atoms with Gasteiger partial charge in [0.05, 0.1) is 98.0 Å². The SMILES string of the molecule is BrCCBr.CC1(C)OB(B2OC(C)(C)C(C)(C)O2)OC1(C)C.CNc1ccc(-c2cnc(Cc3ccc(C4(C#N)CC4)nc3)cc2C)c2c1C(=O)CC2.CNc1ccc(Br)c2c1C(=O)CC2.Cc1cc(N)ncc1Br.I.N#CC1(c2ccc(Br)cn2)CC1.N#CCc1ccc(Br)cn1.[C-]#[N+]C1(c2ccc(Cc3cc(C)c(B4OC(C)(C)C(C)(C)O4)cn3)cn2)CC1.[C-]#[N+]C1(c2ccc(Nc3cc(C)c(Br)cn3)cn2)CC1. The first-order valence-corrected chi connectivity index (χ1v) is 54.2. The molecule has 9 aromatic heterocycles. The van der Waals surface area contributed by atoms with Crippen molar-refractivity contribution in [1.82, 2.24) is 44.9 Å². The topological polar surface area (TPSA) is 348 Å². The van der Waals surface area contributed by atoms with E-state index in [0.717, 1.165) is 232 Å². The molecule has 9 aliphatic rings. The van der Waals surface area contributed by atoms with Gasteiger partial charge in [-0.05, 0) is 354 Å². The van der Waals surface area contributed by atoms with Gasteiger partial charge in [0.15, 0.2) is 11.6 Å². The highest BCUT2D eigenvalue weighted by Crippen LogP contribution is 2.52. The van der Waals surface area contributed by atoms with Crippen LogP contribution in [0.5, 0.6) is 0 Å². The van der Waals surface area contributed by atoms with Crippen LogP contribution >= 0.6 is 135 Å². The summed E-state index contributed by atoms with van der Waals surface area (Å²) in [6, 6.07) is 42.3. The van der Waals surface area contributed by atoms with E-state index in [1.165, 1.54) is 0 Å². The number of anilines is 5. The van der Waals surface area contributed by atoms with E-state index in [4.69, 9.17) is 62.3 Å². The number of nitrogens with zero attached hydrogens (tertiary/aromatic N) is 14. The number of ketones is 2. The van der Waals surface area contributed by atoms with Crippen LogP contribution in [-0.2, 0) is 81.9 Å². The van der Waals surface area contributed by atoms with Crippen LogP contribution in [0.2, 0.25) is 0 Å². The number of benzene rings is 2. The van der Waals surface area contributed by atoms with Crippen LogP contribution < -0.4 is 27.1 Å². The molecule has 6 aliphatic carbocycles. The fraction of sp³-hybridized carbons (Fsp3) is 0.413. The fourth-order valence-electron chi connectivity index (χ4n) is 16.3. The number of pyridine rings is 9. The summed E-state index contributed by atoms with van der Waals surface area (Å²) in [6.45, 7) is 47.2. The first-order valence-electron chi connectivity index (χ1n) is 48.0. The number of Topliss-reactive ketones (excluding diaryl/α,β-unsaturated/α-hetero) is 2. The Morgan fingerprint density at radius 3 is 1.25 bits per heavy atom. The van der Waals surface area contributed by atoms with E-state index in [-0.39, 0.29) is 91.1 Å². The summed E-state index contributed by atoms with van der Waals surface area (Å²) in [5.41, 5.74) is 24.8. The predicted molar refractivity (Wildman–Crippen MR) is 613 cm³/mol. The molecule has 0 bridgehead atoms. The van der Waals surface area contributed by atoms with Gasteiger partial charge < -0.3 is 59.3 Å². The maximum Gasteiger partial charge on any atom is 0.496 e. The van der Waals surface area contributed by atoms with Crippen molar-refractivity contribution in [2.24, 2.45) is 0 Å². The molecule has 0 radical (unpaired) electrons. The zero-order valence-electron chi connectivity index (χ0n) is 85.5. The third-order valence-electron chi connectivity index (χ3n) is 28.0. The molecule has 3 aliphatic heterocycles. The number of fused-ring (bicyclic) bond motifs is 2. The van der Waals surface area contributed by atoms with Gasteiger partial charge in [0.1, 0.15) is 23.0 Å². The average molecular weight is 2530 g/mol. The van der Waals surface area contributed by atoms with Crippen LogP contribution in [0.4, 0.5) is 28.7 Å². The minimum atomic E-state index is -0.476. The van der Waals surface area contributed by atoms with Gasteiger partial charge in [-0.2, -0.15) is 15.8 Å². The third kappa shape index (κ3) is 28.7. The second-order valence-corrected chi connectivity index (χ2v) is 46.1. The minimum absolute atomic E-state index is 0. The predicted octanol–water partition coefficient (Wildman–Crippen LogP) is 25.9. The molecular weight excluding hydrogens is 2410 g/mol. The molecule has 3 saturated heterocycles. The van der Waals surface area contributed by atoms with Gasteiger partial charge in [-0.3, -0.25) is 44.5 Å².